The van der Waals surface area contributed by atoms with E-state index in [-0.39, 0.29) is 5.97 Å². The highest BCUT2D eigenvalue weighted by molar-refractivity contribution is 6.30. The zero-order valence-corrected chi connectivity index (χ0v) is 13.1. The third-order valence-corrected chi connectivity index (χ3v) is 2.96. The molecule has 0 amide bonds. The SMILES string of the molecule is Cc1cc(Cl)ccc1OCCCC(=O)OCCN(C)C. The average molecular weight is 300 g/mol. The van der Waals surface area contributed by atoms with Gasteiger partial charge in [-0.2, -0.15) is 0 Å². The van der Waals surface area contributed by atoms with Gasteiger partial charge in [0.25, 0.3) is 0 Å². The number of hydrogen-bond donors (Lipinski definition) is 0. The van der Waals surface area contributed by atoms with Crippen molar-refractivity contribution < 1.29 is 14.3 Å². The Bertz CT molecular complexity index is 435. The Morgan fingerprint density at radius 3 is 2.70 bits per heavy atom. The topological polar surface area (TPSA) is 38.8 Å². The number of likely N-dealkylation sites (N-methyl/N-ethyl adjacent to an activating group) is 1. The van der Waals surface area contributed by atoms with Crippen molar-refractivity contribution in [2.45, 2.75) is 19.8 Å². The van der Waals surface area contributed by atoms with Crippen molar-refractivity contribution in [2.75, 3.05) is 33.9 Å². The van der Waals surface area contributed by atoms with Gasteiger partial charge in [0.1, 0.15) is 12.4 Å². The number of ether oxygens (including phenoxy) is 2. The number of halogens is 1. The molecular weight excluding hydrogens is 278 g/mol. The van der Waals surface area contributed by atoms with Crippen LogP contribution in [0, 0.1) is 6.92 Å². The normalized spacial score (nSPS) is 10.7. The molecule has 0 saturated heterocycles. The molecule has 5 heteroatoms. The molecule has 0 aliphatic heterocycles. The van der Waals surface area contributed by atoms with Gasteiger partial charge >= 0.3 is 5.97 Å². The van der Waals surface area contributed by atoms with Crippen LogP contribution in [0.2, 0.25) is 5.02 Å². The van der Waals surface area contributed by atoms with Gasteiger partial charge in [-0.25, -0.2) is 0 Å². The van der Waals surface area contributed by atoms with Crippen molar-refractivity contribution in [3.63, 3.8) is 0 Å². The van der Waals surface area contributed by atoms with E-state index in [1.807, 2.05) is 38.1 Å². The second-order valence-electron chi connectivity index (χ2n) is 4.89. The van der Waals surface area contributed by atoms with Gasteiger partial charge in [0.2, 0.25) is 0 Å². The molecule has 1 aromatic carbocycles. The van der Waals surface area contributed by atoms with Crippen LogP contribution in [0.3, 0.4) is 0 Å². The molecule has 0 spiro atoms. The summed E-state index contributed by atoms with van der Waals surface area (Å²) in [6.45, 7) is 3.61. The number of rotatable bonds is 8. The van der Waals surface area contributed by atoms with E-state index in [1.165, 1.54) is 0 Å². The van der Waals surface area contributed by atoms with E-state index < -0.39 is 0 Å². The molecule has 0 radical (unpaired) electrons. The Morgan fingerprint density at radius 1 is 1.30 bits per heavy atom. The van der Waals surface area contributed by atoms with E-state index in [2.05, 4.69) is 0 Å². The van der Waals surface area contributed by atoms with Gasteiger partial charge in [-0.15, -0.1) is 0 Å². The van der Waals surface area contributed by atoms with Gasteiger partial charge in [0.05, 0.1) is 6.61 Å². The van der Waals surface area contributed by atoms with Gasteiger partial charge in [-0.3, -0.25) is 4.79 Å². The molecule has 0 saturated carbocycles. The Balaban J connectivity index is 2.16. The first-order valence-electron chi connectivity index (χ1n) is 6.68. The zero-order valence-electron chi connectivity index (χ0n) is 12.3. The van der Waals surface area contributed by atoms with Gasteiger partial charge < -0.3 is 14.4 Å². The number of carbonyl (C=O) groups excluding carboxylic acids is 1. The summed E-state index contributed by atoms with van der Waals surface area (Å²) in [5, 5.41) is 0.694. The lowest BCUT2D eigenvalue weighted by molar-refractivity contribution is -0.144. The molecule has 0 atom stereocenters. The largest absolute Gasteiger partial charge is 0.493 e. The lowest BCUT2D eigenvalue weighted by atomic mass is 10.2. The van der Waals surface area contributed by atoms with Crippen molar-refractivity contribution in [1.82, 2.24) is 4.90 Å². The highest BCUT2D eigenvalue weighted by atomic mass is 35.5. The summed E-state index contributed by atoms with van der Waals surface area (Å²) >= 11 is 5.87. The van der Waals surface area contributed by atoms with Crippen LogP contribution < -0.4 is 4.74 Å². The zero-order chi connectivity index (χ0) is 15.0. The summed E-state index contributed by atoms with van der Waals surface area (Å²) in [6.07, 6.45) is 1.02. The summed E-state index contributed by atoms with van der Waals surface area (Å²) in [4.78, 5) is 13.4. The second kappa shape index (κ2) is 8.82. The minimum Gasteiger partial charge on any atom is -0.493 e. The monoisotopic (exact) mass is 299 g/mol. The Kier molecular flexibility index (Phi) is 7.41. The standard InChI is InChI=1S/C15H22ClNO3/c1-12-11-13(16)6-7-14(12)19-9-4-5-15(18)20-10-8-17(2)3/h6-7,11H,4-5,8-10H2,1-3H3. The number of esters is 1. The number of carbonyl (C=O) groups is 1. The second-order valence-corrected chi connectivity index (χ2v) is 5.32. The predicted molar refractivity (Wildman–Crippen MR) is 80.4 cm³/mol. The number of benzene rings is 1. The van der Waals surface area contributed by atoms with E-state index >= 15 is 0 Å². The van der Waals surface area contributed by atoms with Crippen molar-refractivity contribution in [2.24, 2.45) is 0 Å². The van der Waals surface area contributed by atoms with Gasteiger partial charge in [-0.05, 0) is 51.2 Å². The molecule has 0 aliphatic rings. The van der Waals surface area contributed by atoms with E-state index in [0.29, 0.717) is 31.1 Å². The first kappa shape index (κ1) is 16.8. The molecule has 0 heterocycles. The smallest absolute Gasteiger partial charge is 0.305 e. The molecule has 112 valence electrons. The number of nitrogens with zero attached hydrogens (tertiary/aromatic N) is 1. The van der Waals surface area contributed by atoms with Crippen molar-refractivity contribution in [3.8, 4) is 5.75 Å². The molecule has 20 heavy (non-hydrogen) atoms. The summed E-state index contributed by atoms with van der Waals surface area (Å²) < 4.78 is 10.7. The fourth-order valence-corrected chi connectivity index (χ4v) is 1.81. The summed E-state index contributed by atoms with van der Waals surface area (Å²) in [6, 6.07) is 5.48. The average Bonchev–Trinajstić information content (AvgIpc) is 2.36. The van der Waals surface area contributed by atoms with Crippen molar-refractivity contribution in [1.29, 1.82) is 0 Å². The van der Waals surface area contributed by atoms with Crippen LogP contribution in [-0.2, 0) is 9.53 Å². The maximum atomic E-state index is 11.4. The van der Waals surface area contributed by atoms with Crippen LogP contribution in [0.5, 0.6) is 5.75 Å². The van der Waals surface area contributed by atoms with Crippen LogP contribution >= 0.6 is 11.6 Å². The first-order valence-corrected chi connectivity index (χ1v) is 7.06. The van der Waals surface area contributed by atoms with Gasteiger partial charge in [-0.1, -0.05) is 11.6 Å². The fraction of sp³-hybridized carbons (Fsp3) is 0.533. The van der Waals surface area contributed by atoms with Crippen LogP contribution in [0.4, 0.5) is 0 Å². The Hall–Kier alpha value is -1.26. The molecule has 1 rings (SSSR count). The minimum atomic E-state index is -0.178. The summed E-state index contributed by atoms with van der Waals surface area (Å²) in [7, 11) is 3.88. The molecule has 0 bridgehead atoms. The molecule has 0 aromatic heterocycles. The maximum absolute atomic E-state index is 11.4. The summed E-state index contributed by atoms with van der Waals surface area (Å²) in [5.41, 5.74) is 0.992. The molecule has 4 nitrogen and oxygen atoms in total. The molecule has 0 fully saturated rings. The highest BCUT2D eigenvalue weighted by Crippen LogP contribution is 2.21. The number of aryl methyl sites for hydroxylation is 1. The fourth-order valence-electron chi connectivity index (χ4n) is 1.59. The first-order chi connectivity index (χ1) is 9.49. The van der Waals surface area contributed by atoms with E-state index in [0.717, 1.165) is 17.9 Å². The van der Waals surface area contributed by atoms with Gasteiger partial charge in [0.15, 0.2) is 0 Å². The van der Waals surface area contributed by atoms with E-state index in [4.69, 9.17) is 21.1 Å². The third-order valence-electron chi connectivity index (χ3n) is 2.72. The Morgan fingerprint density at radius 2 is 2.05 bits per heavy atom. The van der Waals surface area contributed by atoms with E-state index in [1.54, 1.807) is 6.07 Å². The van der Waals surface area contributed by atoms with Crippen LogP contribution in [0.15, 0.2) is 18.2 Å². The predicted octanol–water partition coefficient (Wildman–Crippen LogP) is 2.91. The molecular formula is C15H22ClNO3. The number of hydrogen-bond acceptors (Lipinski definition) is 4. The van der Waals surface area contributed by atoms with Crippen LogP contribution in [0.25, 0.3) is 0 Å². The van der Waals surface area contributed by atoms with E-state index in [9.17, 15) is 4.79 Å². The van der Waals surface area contributed by atoms with Crippen molar-refractivity contribution >= 4 is 17.6 Å². The van der Waals surface area contributed by atoms with Crippen molar-refractivity contribution in [3.05, 3.63) is 28.8 Å². The van der Waals surface area contributed by atoms with Gasteiger partial charge in [0, 0.05) is 18.0 Å². The van der Waals surface area contributed by atoms with Crippen LogP contribution in [-0.4, -0.2) is 44.7 Å². The highest BCUT2D eigenvalue weighted by Gasteiger charge is 2.04. The quantitative estimate of drug-likeness (QED) is 0.546. The molecule has 0 aliphatic carbocycles. The Labute approximate surface area is 125 Å². The lowest BCUT2D eigenvalue weighted by Gasteiger charge is -2.11. The molecule has 0 unspecified atom stereocenters. The maximum Gasteiger partial charge on any atom is 0.305 e. The molecule has 0 N–H and O–H groups in total. The summed E-state index contributed by atoms with van der Waals surface area (Å²) in [5.74, 6) is 0.624. The minimum absolute atomic E-state index is 0.178. The lowest BCUT2D eigenvalue weighted by Crippen LogP contribution is -2.20. The van der Waals surface area contributed by atoms with Crippen LogP contribution in [0.1, 0.15) is 18.4 Å². The third kappa shape index (κ3) is 6.78. The molecule has 1 aromatic rings.